The van der Waals surface area contributed by atoms with Crippen LogP contribution in [0.2, 0.25) is 0 Å². The number of ether oxygens (including phenoxy) is 1. The molecule has 18 heavy (non-hydrogen) atoms. The molecule has 1 saturated carbocycles. The van der Waals surface area contributed by atoms with E-state index >= 15 is 0 Å². The average Bonchev–Trinajstić information content (AvgIpc) is 2.32. The lowest BCUT2D eigenvalue weighted by atomic mass is 9.85. The number of hydrogen-bond acceptors (Lipinski definition) is 2. The first-order valence-electron chi connectivity index (χ1n) is 7.88. The van der Waals surface area contributed by atoms with Crippen molar-refractivity contribution < 1.29 is 4.74 Å². The van der Waals surface area contributed by atoms with Crippen molar-refractivity contribution in [3.63, 3.8) is 0 Å². The predicted molar refractivity (Wildman–Crippen MR) is 79.0 cm³/mol. The first kappa shape index (κ1) is 16.0. The highest BCUT2D eigenvalue weighted by Crippen LogP contribution is 2.28. The fourth-order valence-corrected chi connectivity index (χ4v) is 2.70. The van der Waals surface area contributed by atoms with Crippen LogP contribution in [0, 0.1) is 5.92 Å². The van der Waals surface area contributed by atoms with Crippen LogP contribution in [0.25, 0.3) is 0 Å². The van der Waals surface area contributed by atoms with Crippen LogP contribution in [0.3, 0.4) is 0 Å². The lowest BCUT2D eigenvalue weighted by Gasteiger charge is -2.28. The maximum absolute atomic E-state index is 6.02. The van der Waals surface area contributed by atoms with Gasteiger partial charge in [0.1, 0.15) is 0 Å². The van der Waals surface area contributed by atoms with E-state index in [0.29, 0.717) is 6.10 Å². The van der Waals surface area contributed by atoms with Gasteiger partial charge in [-0.05, 0) is 58.9 Å². The first-order valence-corrected chi connectivity index (χ1v) is 7.88. The molecule has 2 heteroatoms. The highest BCUT2D eigenvalue weighted by molar-refractivity contribution is 4.73. The van der Waals surface area contributed by atoms with Crippen molar-refractivity contribution in [3.05, 3.63) is 0 Å². The quantitative estimate of drug-likeness (QED) is 0.690. The zero-order valence-electron chi connectivity index (χ0n) is 12.9. The lowest BCUT2D eigenvalue weighted by Crippen LogP contribution is -2.36. The molecule has 0 bridgehead atoms. The molecule has 1 fully saturated rings. The zero-order valence-corrected chi connectivity index (χ0v) is 12.9. The minimum atomic E-state index is 0.249. The van der Waals surface area contributed by atoms with E-state index < -0.39 is 0 Å². The molecule has 0 spiro atoms. The Kier molecular flexibility index (Phi) is 7.25. The van der Waals surface area contributed by atoms with E-state index in [-0.39, 0.29) is 5.54 Å². The fourth-order valence-electron chi connectivity index (χ4n) is 2.70. The van der Waals surface area contributed by atoms with Gasteiger partial charge in [0.2, 0.25) is 0 Å². The van der Waals surface area contributed by atoms with Crippen LogP contribution < -0.4 is 5.32 Å². The summed E-state index contributed by atoms with van der Waals surface area (Å²) >= 11 is 0. The summed E-state index contributed by atoms with van der Waals surface area (Å²) in [5.41, 5.74) is 0.249. The molecule has 2 nitrogen and oxygen atoms in total. The normalized spacial score (nSPS) is 25.3. The minimum Gasteiger partial charge on any atom is -0.378 e. The standard InChI is InChI=1S/C16H33NO/c1-5-14-9-8-10-15(13-14)18-12-7-6-11-17-16(2,3)4/h14-15,17H,5-13H2,1-4H3. The Bertz CT molecular complexity index is 210. The van der Waals surface area contributed by atoms with Crippen molar-refractivity contribution in [2.45, 2.75) is 84.3 Å². The second kappa shape index (κ2) is 8.16. The molecule has 0 saturated heterocycles. The minimum absolute atomic E-state index is 0.249. The van der Waals surface area contributed by atoms with Crippen LogP contribution in [0.4, 0.5) is 0 Å². The molecule has 0 radical (unpaired) electrons. The van der Waals surface area contributed by atoms with Crippen molar-refractivity contribution in [2.24, 2.45) is 5.92 Å². The van der Waals surface area contributed by atoms with Crippen LogP contribution in [0.1, 0.15) is 72.6 Å². The van der Waals surface area contributed by atoms with Crippen molar-refractivity contribution in [3.8, 4) is 0 Å². The summed E-state index contributed by atoms with van der Waals surface area (Å²) in [6, 6.07) is 0. The summed E-state index contributed by atoms with van der Waals surface area (Å²) in [5, 5.41) is 3.52. The highest BCUT2D eigenvalue weighted by Gasteiger charge is 2.20. The van der Waals surface area contributed by atoms with E-state index in [1.165, 1.54) is 44.9 Å². The maximum atomic E-state index is 6.02. The van der Waals surface area contributed by atoms with Crippen molar-refractivity contribution in [2.75, 3.05) is 13.2 Å². The van der Waals surface area contributed by atoms with Gasteiger partial charge in [-0.15, -0.1) is 0 Å². The van der Waals surface area contributed by atoms with Crippen LogP contribution in [-0.4, -0.2) is 24.8 Å². The molecule has 0 aliphatic heterocycles. The summed E-state index contributed by atoms with van der Waals surface area (Å²) in [6.45, 7) is 11.0. The van der Waals surface area contributed by atoms with E-state index in [2.05, 4.69) is 33.0 Å². The van der Waals surface area contributed by atoms with Gasteiger partial charge in [0.15, 0.2) is 0 Å². The Morgan fingerprint density at radius 1 is 1.17 bits per heavy atom. The largest absolute Gasteiger partial charge is 0.378 e. The predicted octanol–water partition coefficient (Wildman–Crippen LogP) is 4.14. The third-order valence-corrected chi connectivity index (χ3v) is 3.89. The van der Waals surface area contributed by atoms with Gasteiger partial charge >= 0.3 is 0 Å². The summed E-state index contributed by atoms with van der Waals surface area (Å²) in [5.74, 6) is 0.923. The summed E-state index contributed by atoms with van der Waals surface area (Å²) in [7, 11) is 0. The summed E-state index contributed by atoms with van der Waals surface area (Å²) in [4.78, 5) is 0. The van der Waals surface area contributed by atoms with Crippen molar-refractivity contribution >= 4 is 0 Å². The molecule has 1 aliphatic rings. The molecule has 2 unspecified atom stereocenters. The molecule has 0 aromatic carbocycles. The van der Waals surface area contributed by atoms with E-state index in [4.69, 9.17) is 4.74 Å². The zero-order chi connectivity index (χ0) is 13.4. The highest BCUT2D eigenvalue weighted by atomic mass is 16.5. The monoisotopic (exact) mass is 255 g/mol. The van der Waals surface area contributed by atoms with Crippen LogP contribution >= 0.6 is 0 Å². The third-order valence-electron chi connectivity index (χ3n) is 3.89. The number of nitrogens with one attached hydrogen (secondary N) is 1. The smallest absolute Gasteiger partial charge is 0.0577 e. The van der Waals surface area contributed by atoms with Crippen molar-refractivity contribution in [1.82, 2.24) is 5.32 Å². The molecule has 1 N–H and O–H groups in total. The van der Waals surface area contributed by atoms with E-state index in [0.717, 1.165) is 19.1 Å². The molecule has 2 atom stereocenters. The molecular weight excluding hydrogens is 222 g/mol. The Balaban J connectivity index is 1.97. The number of rotatable bonds is 7. The van der Waals surface area contributed by atoms with Crippen molar-refractivity contribution in [1.29, 1.82) is 0 Å². The van der Waals surface area contributed by atoms with Crippen LogP contribution in [0.15, 0.2) is 0 Å². The van der Waals surface area contributed by atoms with E-state index in [1.807, 2.05) is 0 Å². The van der Waals surface area contributed by atoms with Gasteiger partial charge in [-0.1, -0.05) is 26.2 Å². The number of hydrogen-bond donors (Lipinski definition) is 1. The molecular formula is C16H33NO. The SMILES string of the molecule is CCC1CCCC(OCCCCNC(C)(C)C)C1. The maximum Gasteiger partial charge on any atom is 0.0577 e. The van der Waals surface area contributed by atoms with Gasteiger partial charge in [-0.25, -0.2) is 0 Å². The van der Waals surface area contributed by atoms with Gasteiger partial charge in [0, 0.05) is 12.1 Å². The molecule has 0 amide bonds. The van der Waals surface area contributed by atoms with Gasteiger partial charge in [0.25, 0.3) is 0 Å². The van der Waals surface area contributed by atoms with Gasteiger partial charge in [-0.2, -0.15) is 0 Å². The first-order chi connectivity index (χ1) is 8.51. The van der Waals surface area contributed by atoms with Crippen LogP contribution in [0.5, 0.6) is 0 Å². The summed E-state index contributed by atoms with van der Waals surface area (Å²) < 4.78 is 6.02. The third kappa shape index (κ3) is 7.38. The fraction of sp³-hybridized carbons (Fsp3) is 1.00. The molecule has 1 aliphatic carbocycles. The van der Waals surface area contributed by atoms with Gasteiger partial charge in [-0.3, -0.25) is 0 Å². The molecule has 0 heterocycles. The molecule has 1 rings (SSSR count). The summed E-state index contributed by atoms with van der Waals surface area (Å²) in [6.07, 6.45) is 9.68. The second-order valence-corrected chi connectivity index (χ2v) is 6.82. The van der Waals surface area contributed by atoms with Gasteiger partial charge in [0.05, 0.1) is 6.10 Å². The molecule has 108 valence electrons. The molecule has 0 aromatic heterocycles. The van der Waals surface area contributed by atoms with Crippen LogP contribution in [-0.2, 0) is 4.74 Å². The Morgan fingerprint density at radius 2 is 1.94 bits per heavy atom. The molecule has 0 aromatic rings. The number of unbranched alkanes of at least 4 members (excludes halogenated alkanes) is 1. The lowest BCUT2D eigenvalue weighted by molar-refractivity contribution is 0.0108. The Hall–Kier alpha value is -0.0800. The van der Waals surface area contributed by atoms with Gasteiger partial charge < -0.3 is 10.1 Å². The Labute approximate surface area is 114 Å². The average molecular weight is 255 g/mol. The van der Waals surface area contributed by atoms with E-state index in [1.54, 1.807) is 0 Å². The second-order valence-electron chi connectivity index (χ2n) is 6.82. The topological polar surface area (TPSA) is 21.3 Å². The Morgan fingerprint density at radius 3 is 2.61 bits per heavy atom. The van der Waals surface area contributed by atoms with E-state index in [9.17, 15) is 0 Å².